The summed E-state index contributed by atoms with van der Waals surface area (Å²) in [5.74, 6) is -0.598. The van der Waals surface area contributed by atoms with E-state index in [0.29, 0.717) is 11.2 Å². The predicted octanol–water partition coefficient (Wildman–Crippen LogP) is 3.06. The van der Waals surface area contributed by atoms with E-state index in [2.05, 4.69) is 20.3 Å². The predicted molar refractivity (Wildman–Crippen MR) is 130 cm³/mol. The van der Waals surface area contributed by atoms with Gasteiger partial charge in [0.05, 0.1) is 30.4 Å². The quantitative estimate of drug-likeness (QED) is 0.321. The van der Waals surface area contributed by atoms with Crippen molar-refractivity contribution in [1.29, 1.82) is 0 Å². The molecule has 11 heteroatoms. The van der Waals surface area contributed by atoms with Gasteiger partial charge in [-0.25, -0.2) is 23.4 Å². The largest absolute Gasteiger partial charge is 0.468 e. The Bertz CT molecular complexity index is 1490. The first-order valence-electron chi connectivity index (χ1n) is 10.9. The zero-order valence-electron chi connectivity index (χ0n) is 18.9. The van der Waals surface area contributed by atoms with E-state index in [0.717, 1.165) is 11.1 Å². The van der Waals surface area contributed by atoms with E-state index < -0.39 is 39.2 Å². The molecular formula is C24H22ClN5O4S. The van der Waals surface area contributed by atoms with Gasteiger partial charge in [0.25, 0.3) is 0 Å². The van der Waals surface area contributed by atoms with Crippen LogP contribution in [0.2, 0.25) is 5.15 Å². The maximum Gasteiger partial charge on any atom is 0.325 e. The molecule has 4 aromatic rings. The first-order chi connectivity index (χ1) is 16.8. The number of esters is 1. The molecule has 0 bridgehead atoms. The number of benzene rings is 2. The highest BCUT2D eigenvalue weighted by molar-refractivity contribution is 7.92. The molecule has 1 saturated heterocycles. The molecule has 180 valence electrons. The molecule has 0 saturated carbocycles. The van der Waals surface area contributed by atoms with Crippen LogP contribution in [0, 0.1) is 6.92 Å². The molecule has 1 N–H and O–H groups in total. The number of sulfone groups is 1. The first-order valence-corrected chi connectivity index (χ1v) is 12.8. The van der Waals surface area contributed by atoms with Gasteiger partial charge in [-0.2, -0.15) is 0 Å². The van der Waals surface area contributed by atoms with Crippen LogP contribution in [-0.4, -0.2) is 52.3 Å². The highest BCUT2D eigenvalue weighted by Gasteiger charge is 2.55. The van der Waals surface area contributed by atoms with Crippen LogP contribution in [0.5, 0.6) is 0 Å². The third kappa shape index (κ3) is 3.97. The van der Waals surface area contributed by atoms with Crippen LogP contribution < -0.4 is 5.32 Å². The highest BCUT2D eigenvalue weighted by atomic mass is 35.5. The minimum Gasteiger partial charge on any atom is -0.468 e. The molecule has 0 radical (unpaired) electrons. The number of halogens is 1. The van der Waals surface area contributed by atoms with Crippen molar-refractivity contribution in [2.45, 2.75) is 35.2 Å². The molecule has 1 aliphatic rings. The summed E-state index contributed by atoms with van der Waals surface area (Å²) in [4.78, 5) is 25.7. The van der Waals surface area contributed by atoms with E-state index >= 15 is 0 Å². The van der Waals surface area contributed by atoms with E-state index in [1.54, 1.807) is 28.8 Å². The summed E-state index contributed by atoms with van der Waals surface area (Å²) >= 11 is 6.21. The fourth-order valence-electron chi connectivity index (χ4n) is 4.66. The fourth-order valence-corrected chi connectivity index (χ4v) is 6.92. The molecule has 0 spiro atoms. The van der Waals surface area contributed by atoms with Crippen LogP contribution in [0.1, 0.15) is 23.2 Å². The molecule has 35 heavy (non-hydrogen) atoms. The molecule has 9 nitrogen and oxygen atoms in total. The fraction of sp³-hybridized carbons (Fsp3) is 0.250. The van der Waals surface area contributed by atoms with Crippen LogP contribution in [0.15, 0.2) is 72.1 Å². The molecule has 1 fully saturated rings. The van der Waals surface area contributed by atoms with Crippen LogP contribution >= 0.6 is 11.6 Å². The number of hydrogen-bond donors (Lipinski definition) is 1. The summed E-state index contributed by atoms with van der Waals surface area (Å²) in [6.07, 6.45) is 2.72. The number of nitrogens with one attached hydrogen (secondary N) is 1. The normalized spacial score (nSPS) is 22.4. The Labute approximate surface area is 207 Å². The number of carbonyl (C=O) groups excluding carboxylic acids is 1. The average molecular weight is 512 g/mol. The van der Waals surface area contributed by atoms with Gasteiger partial charge in [0.15, 0.2) is 20.6 Å². The van der Waals surface area contributed by atoms with Crippen molar-refractivity contribution in [1.82, 2.24) is 24.8 Å². The lowest BCUT2D eigenvalue weighted by molar-refractivity contribution is -0.143. The Kier molecular flexibility index (Phi) is 6.04. The molecule has 0 unspecified atom stereocenters. The lowest BCUT2D eigenvalue weighted by atomic mass is 10.0. The van der Waals surface area contributed by atoms with Crippen LogP contribution in [0.4, 0.5) is 0 Å². The van der Waals surface area contributed by atoms with E-state index in [4.69, 9.17) is 16.3 Å². The molecule has 2 aromatic carbocycles. The van der Waals surface area contributed by atoms with Gasteiger partial charge in [-0.05, 0) is 24.6 Å². The van der Waals surface area contributed by atoms with Gasteiger partial charge in [0.2, 0.25) is 0 Å². The standard InChI is InChI=1S/C24H22ClN5O4S/c1-14-8-10-16(11-9-14)35(32,33)21-17(15-6-4-3-5-7-15)29-18(24(31)34-2)20(21)30-13-28-19-22(25)26-12-27-23(19)30/h3-13,17-18,20-21,29H,1-2H3/t17-,18-,20-,21-/m1/s1. The lowest BCUT2D eigenvalue weighted by Crippen LogP contribution is -2.40. The molecule has 5 rings (SSSR count). The van der Waals surface area contributed by atoms with Crippen molar-refractivity contribution < 1.29 is 17.9 Å². The van der Waals surface area contributed by atoms with Crippen molar-refractivity contribution in [2.24, 2.45) is 0 Å². The van der Waals surface area contributed by atoms with E-state index in [9.17, 15) is 13.2 Å². The van der Waals surface area contributed by atoms with Gasteiger partial charge in [-0.15, -0.1) is 0 Å². The number of imidazole rings is 1. The first kappa shape index (κ1) is 23.4. The molecule has 1 aliphatic heterocycles. The van der Waals surface area contributed by atoms with Crippen LogP contribution in [-0.2, 0) is 19.4 Å². The molecule has 2 aromatic heterocycles. The third-order valence-electron chi connectivity index (χ3n) is 6.32. The number of nitrogens with zero attached hydrogens (tertiary/aromatic N) is 4. The van der Waals surface area contributed by atoms with E-state index in [-0.39, 0.29) is 10.0 Å². The van der Waals surface area contributed by atoms with Crippen LogP contribution in [0.3, 0.4) is 0 Å². The molecule has 4 atom stereocenters. The second kappa shape index (κ2) is 9.03. The van der Waals surface area contributed by atoms with Crippen LogP contribution in [0.25, 0.3) is 11.2 Å². The smallest absolute Gasteiger partial charge is 0.325 e. The monoisotopic (exact) mass is 511 g/mol. The summed E-state index contributed by atoms with van der Waals surface area (Å²) < 4.78 is 35.1. The van der Waals surface area contributed by atoms with Gasteiger partial charge in [0, 0.05) is 0 Å². The van der Waals surface area contributed by atoms with E-state index in [1.165, 1.54) is 19.8 Å². The average Bonchev–Trinajstić information content (AvgIpc) is 3.47. The van der Waals surface area contributed by atoms with Crippen molar-refractivity contribution in [2.75, 3.05) is 7.11 Å². The number of hydrogen-bond acceptors (Lipinski definition) is 8. The Morgan fingerprint density at radius 1 is 1.06 bits per heavy atom. The van der Waals surface area contributed by atoms with Crippen molar-refractivity contribution in [3.63, 3.8) is 0 Å². The minimum absolute atomic E-state index is 0.131. The summed E-state index contributed by atoms with van der Waals surface area (Å²) in [7, 11) is -2.71. The Hall–Kier alpha value is -3.34. The van der Waals surface area contributed by atoms with E-state index in [1.807, 2.05) is 37.3 Å². The molecular weight excluding hydrogens is 490 g/mol. The Morgan fingerprint density at radius 2 is 1.77 bits per heavy atom. The Morgan fingerprint density at radius 3 is 2.46 bits per heavy atom. The zero-order chi connectivity index (χ0) is 24.7. The minimum atomic E-state index is -3.98. The Balaban J connectivity index is 1.76. The van der Waals surface area contributed by atoms with Crippen molar-refractivity contribution >= 4 is 38.6 Å². The van der Waals surface area contributed by atoms with Gasteiger partial charge >= 0.3 is 5.97 Å². The van der Waals surface area contributed by atoms with Gasteiger partial charge in [-0.1, -0.05) is 59.6 Å². The summed E-state index contributed by atoms with van der Waals surface area (Å²) in [6.45, 7) is 1.89. The summed E-state index contributed by atoms with van der Waals surface area (Å²) in [6, 6.07) is 13.2. The SMILES string of the molecule is COC(=O)[C@@H]1N[C@H](c2ccccc2)[C@@H](S(=O)(=O)c2ccc(C)cc2)[C@@H]1n1cnc2c(Cl)ncnc21. The lowest BCUT2D eigenvalue weighted by Gasteiger charge is -2.26. The number of aryl methyl sites for hydroxylation is 1. The second-order valence-corrected chi connectivity index (χ2v) is 10.8. The van der Waals surface area contributed by atoms with Crippen molar-refractivity contribution in [3.8, 4) is 0 Å². The highest BCUT2D eigenvalue weighted by Crippen LogP contribution is 2.43. The zero-order valence-corrected chi connectivity index (χ0v) is 20.4. The summed E-state index contributed by atoms with van der Waals surface area (Å²) in [5, 5.41) is 2.27. The molecule has 0 amide bonds. The van der Waals surface area contributed by atoms with Gasteiger partial charge in [-0.3, -0.25) is 10.1 Å². The number of rotatable bonds is 5. The number of methoxy groups -OCH3 is 1. The maximum atomic E-state index is 14.2. The number of carbonyl (C=O) groups is 1. The molecule has 3 heterocycles. The molecule has 0 aliphatic carbocycles. The number of fused-ring (bicyclic) bond motifs is 1. The second-order valence-electron chi connectivity index (χ2n) is 8.36. The van der Waals surface area contributed by atoms with Gasteiger partial charge < -0.3 is 9.30 Å². The van der Waals surface area contributed by atoms with Crippen molar-refractivity contribution in [3.05, 3.63) is 83.5 Å². The maximum absolute atomic E-state index is 14.2. The van der Waals surface area contributed by atoms with Gasteiger partial charge in [0.1, 0.15) is 23.1 Å². The third-order valence-corrected chi connectivity index (χ3v) is 8.80. The number of aromatic nitrogens is 4. The topological polar surface area (TPSA) is 116 Å². The number of ether oxygens (including phenoxy) is 1. The summed E-state index contributed by atoms with van der Waals surface area (Å²) in [5.41, 5.74) is 2.29.